The van der Waals surface area contributed by atoms with E-state index in [1.54, 1.807) is 23.7 Å². The van der Waals surface area contributed by atoms with Gasteiger partial charge in [-0.1, -0.05) is 30.3 Å². The van der Waals surface area contributed by atoms with E-state index >= 15 is 0 Å². The molecule has 0 aliphatic carbocycles. The van der Waals surface area contributed by atoms with Crippen LogP contribution < -0.4 is 0 Å². The Morgan fingerprint density at radius 2 is 1.91 bits per heavy atom. The number of benzene rings is 1. The maximum Gasteiger partial charge on any atom is 0.257 e. The van der Waals surface area contributed by atoms with Crippen LogP contribution in [0.1, 0.15) is 51.5 Å². The van der Waals surface area contributed by atoms with Crippen LogP contribution in [0.25, 0.3) is 0 Å². The first-order valence-corrected chi connectivity index (χ1v) is 12.8. The third-order valence-corrected chi connectivity index (χ3v) is 8.04. The van der Waals surface area contributed by atoms with E-state index in [4.69, 9.17) is 4.42 Å². The van der Waals surface area contributed by atoms with E-state index in [-0.39, 0.29) is 17.9 Å². The van der Waals surface area contributed by atoms with Gasteiger partial charge in [0.1, 0.15) is 5.76 Å². The Bertz CT molecular complexity index is 1100. The molecule has 1 unspecified atom stereocenters. The summed E-state index contributed by atoms with van der Waals surface area (Å²) >= 11 is 1.62. The van der Waals surface area contributed by atoms with E-state index in [1.807, 2.05) is 54.4 Å². The van der Waals surface area contributed by atoms with Gasteiger partial charge in [-0.3, -0.25) is 9.59 Å². The normalized spacial score (nSPS) is 15.3. The van der Waals surface area contributed by atoms with Crippen LogP contribution in [0.4, 0.5) is 0 Å². The Labute approximate surface area is 205 Å². The Morgan fingerprint density at radius 3 is 2.53 bits per heavy atom. The van der Waals surface area contributed by atoms with Crippen molar-refractivity contribution in [3.05, 3.63) is 75.6 Å². The zero-order chi connectivity index (χ0) is 24.1. The lowest BCUT2D eigenvalue weighted by Crippen LogP contribution is -2.48. The van der Waals surface area contributed by atoms with Crippen molar-refractivity contribution in [3.8, 4) is 0 Å². The lowest BCUT2D eigenvalue weighted by Gasteiger charge is -2.40. The molecule has 1 aliphatic rings. The lowest BCUT2D eigenvalue weighted by molar-refractivity contribution is -0.132. The summed E-state index contributed by atoms with van der Waals surface area (Å²) in [6.07, 6.45) is 5.44. The maximum atomic E-state index is 13.3. The number of amides is 2. The fourth-order valence-electron chi connectivity index (χ4n) is 4.90. The van der Waals surface area contributed by atoms with Crippen LogP contribution in [-0.4, -0.2) is 52.8 Å². The van der Waals surface area contributed by atoms with Gasteiger partial charge in [0, 0.05) is 37.5 Å². The highest BCUT2D eigenvalue weighted by molar-refractivity contribution is 7.09. The van der Waals surface area contributed by atoms with E-state index in [0.717, 1.165) is 44.5 Å². The monoisotopic (exact) mass is 479 g/mol. The van der Waals surface area contributed by atoms with Gasteiger partial charge in [0.25, 0.3) is 5.91 Å². The minimum atomic E-state index is -0.00869. The van der Waals surface area contributed by atoms with Crippen LogP contribution in [0.15, 0.2) is 52.6 Å². The van der Waals surface area contributed by atoms with Crippen molar-refractivity contribution in [3.63, 3.8) is 0 Å². The maximum absolute atomic E-state index is 13.3. The molecule has 180 valence electrons. The molecule has 4 rings (SSSR count). The first-order chi connectivity index (χ1) is 16.4. The Hall–Kier alpha value is -2.93. The molecule has 3 aromatic rings. The van der Waals surface area contributed by atoms with Gasteiger partial charge >= 0.3 is 0 Å². The number of hydrogen-bond acceptors (Lipinski definition) is 5. The summed E-state index contributed by atoms with van der Waals surface area (Å²) in [5.41, 5.74) is 4.71. The van der Waals surface area contributed by atoms with Gasteiger partial charge < -0.3 is 14.2 Å². The highest BCUT2D eigenvalue weighted by atomic mass is 32.1. The molecule has 7 heteroatoms. The average Bonchev–Trinajstić information content (AvgIpc) is 3.48. The van der Waals surface area contributed by atoms with Crippen molar-refractivity contribution in [1.29, 1.82) is 0 Å². The zero-order valence-electron chi connectivity index (χ0n) is 20.2. The van der Waals surface area contributed by atoms with Crippen LogP contribution >= 0.6 is 11.3 Å². The minimum Gasteiger partial charge on any atom is -0.469 e. The quantitative estimate of drug-likeness (QED) is 0.461. The molecule has 1 aromatic carbocycles. The van der Waals surface area contributed by atoms with Crippen molar-refractivity contribution in [1.82, 2.24) is 14.8 Å². The van der Waals surface area contributed by atoms with Crippen LogP contribution in [0.2, 0.25) is 0 Å². The standard InChI is InChI=1S/C27H33N3O3S/c1-19-25(34-18-28-19)9-10-26(31)30-14-11-22(12-15-30)24(17-21-7-5-4-6-8-21)29(3)27(32)23-13-16-33-20(23)2/h4-8,13,16,18,22,24H,9-12,14-15,17H2,1-3H3. The molecule has 34 heavy (non-hydrogen) atoms. The number of furan rings is 1. The molecular formula is C27H33N3O3S. The zero-order valence-corrected chi connectivity index (χ0v) is 21.0. The van der Waals surface area contributed by atoms with Crippen LogP contribution in [0.5, 0.6) is 0 Å². The van der Waals surface area contributed by atoms with E-state index < -0.39 is 0 Å². The number of carbonyl (C=O) groups excluding carboxylic acids is 2. The number of nitrogens with zero attached hydrogens (tertiary/aromatic N) is 3. The van der Waals surface area contributed by atoms with E-state index in [1.165, 1.54) is 10.4 Å². The second-order valence-corrected chi connectivity index (χ2v) is 10.1. The van der Waals surface area contributed by atoms with Crippen molar-refractivity contribution in [2.45, 2.75) is 52.0 Å². The number of thiazole rings is 1. The number of carbonyl (C=O) groups is 2. The topological polar surface area (TPSA) is 66.7 Å². The smallest absolute Gasteiger partial charge is 0.257 e. The number of likely N-dealkylation sites (tertiary alicyclic amines) is 1. The van der Waals surface area contributed by atoms with Crippen molar-refractivity contribution in [2.75, 3.05) is 20.1 Å². The van der Waals surface area contributed by atoms with Gasteiger partial charge in [-0.25, -0.2) is 4.98 Å². The molecule has 0 radical (unpaired) electrons. The summed E-state index contributed by atoms with van der Waals surface area (Å²) in [7, 11) is 1.90. The average molecular weight is 480 g/mol. The van der Waals surface area contributed by atoms with Crippen molar-refractivity contribution in [2.24, 2.45) is 5.92 Å². The second kappa shape index (κ2) is 11.0. The van der Waals surface area contributed by atoms with Crippen LogP contribution in [0, 0.1) is 19.8 Å². The SMILES string of the molecule is Cc1ncsc1CCC(=O)N1CCC(C(Cc2ccccc2)N(C)C(=O)c2ccoc2C)CC1. The molecule has 0 saturated carbocycles. The fourth-order valence-corrected chi connectivity index (χ4v) is 5.68. The van der Waals surface area contributed by atoms with Gasteiger partial charge in [-0.15, -0.1) is 11.3 Å². The number of rotatable bonds is 8. The van der Waals surface area contributed by atoms with Crippen LogP contribution in [-0.2, 0) is 17.6 Å². The molecule has 0 N–H and O–H groups in total. The second-order valence-electron chi connectivity index (χ2n) is 9.14. The molecular weight excluding hydrogens is 446 g/mol. The van der Waals surface area contributed by atoms with Gasteiger partial charge in [0.15, 0.2) is 0 Å². The third-order valence-electron chi connectivity index (χ3n) is 7.04. The molecule has 6 nitrogen and oxygen atoms in total. The van der Waals surface area contributed by atoms with Gasteiger partial charge in [0.2, 0.25) is 5.91 Å². The number of aromatic nitrogens is 1. The van der Waals surface area contributed by atoms with Crippen molar-refractivity contribution >= 4 is 23.2 Å². The molecule has 2 amide bonds. The molecule has 2 aromatic heterocycles. The first-order valence-electron chi connectivity index (χ1n) is 12.0. The predicted octanol–water partition coefficient (Wildman–Crippen LogP) is 4.91. The fraction of sp³-hybridized carbons (Fsp3) is 0.444. The Morgan fingerprint density at radius 1 is 1.18 bits per heavy atom. The summed E-state index contributed by atoms with van der Waals surface area (Å²) in [6, 6.07) is 12.1. The van der Waals surface area contributed by atoms with Crippen LogP contribution in [0.3, 0.4) is 0 Å². The molecule has 1 saturated heterocycles. The molecule has 3 heterocycles. The molecule has 1 atom stereocenters. The largest absolute Gasteiger partial charge is 0.469 e. The van der Waals surface area contributed by atoms with E-state index in [9.17, 15) is 9.59 Å². The third kappa shape index (κ3) is 5.58. The molecule has 1 aliphatic heterocycles. The van der Waals surface area contributed by atoms with Crippen molar-refractivity contribution < 1.29 is 14.0 Å². The van der Waals surface area contributed by atoms with E-state index in [2.05, 4.69) is 17.1 Å². The number of likely N-dealkylation sites (N-methyl/N-ethyl adjacent to an activating group) is 1. The molecule has 0 bridgehead atoms. The number of piperidine rings is 1. The minimum absolute atomic E-state index is 0.00869. The Kier molecular flexibility index (Phi) is 7.83. The highest BCUT2D eigenvalue weighted by Gasteiger charge is 2.33. The lowest BCUT2D eigenvalue weighted by atomic mass is 9.84. The molecule has 0 spiro atoms. The summed E-state index contributed by atoms with van der Waals surface area (Å²) in [5, 5.41) is 0. The molecule has 1 fully saturated rings. The number of hydrogen-bond donors (Lipinski definition) is 0. The van der Waals surface area contributed by atoms with Gasteiger partial charge in [-0.2, -0.15) is 0 Å². The summed E-state index contributed by atoms with van der Waals surface area (Å²) in [4.78, 5) is 35.5. The first kappa shape index (κ1) is 24.2. The van der Waals surface area contributed by atoms with Gasteiger partial charge in [-0.05, 0) is 57.1 Å². The summed E-state index contributed by atoms with van der Waals surface area (Å²) in [5.74, 6) is 1.18. The Balaban J connectivity index is 1.41. The van der Waals surface area contributed by atoms with Gasteiger partial charge in [0.05, 0.1) is 23.0 Å². The summed E-state index contributed by atoms with van der Waals surface area (Å²) in [6.45, 7) is 5.30. The van der Waals surface area contributed by atoms with E-state index in [0.29, 0.717) is 23.7 Å². The highest BCUT2D eigenvalue weighted by Crippen LogP contribution is 2.28. The summed E-state index contributed by atoms with van der Waals surface area (Å²) < 4.78 is 5.38. The number of aryl methyl sites for hydroxylation is 3. The predicted molar refractivity (Wildman–Crippen MR) is 134 cm³/mol.